The average molecular weight is 216 g/mol. The molecule has 0 radical (unpaired) electrons. The zero-order valence-corrected chi connectivity index (χ0v) is 10.3. The molecule has 0 rings (SSSR count). The molecule has 2 atom stereocenters. The van der Waals surface area contributed by atoms with Crippen LogP contribution in [0.5, 0.6) is 0 Å². The minimum absolute atomic E-state index is 0.209. The molecule has 4 heteroatoms. The van der Waals surface area contributed by atoms with Crippen LogP contribution in [0.1, 0.15) is 40.5 Å². The number of nitrogens with two attached hydrogens (primary N) is 1. The Kier molecular flexibility index (Phi) is 5.83. The van der Waals surface area contributed by atoms with Gasteiger partial charge in [0, 0.05) is 6.04 Å². The maximum absolute atomic E-state index is 10.9. The van der Waals surface area contributed by atoms with Crippen molar-refractivity contribution in [1.82, 2.24) is 4.90 Å². The molecule has 2 unspecified atom stereocenters. The third-order valence-electron chi connectivity index (χ3n) is 2.75. The van der Waals surface area contributed by atoms with E-state index < -0.39 is 11.5 Å². The Morgan fingerprint density at radius 3 is 2.40 bits per heavy atom. The molecule has 15 heavy (non-hydrogen) atoms. The van der Waals surface area contributed by atoms with Crippen LogP contribution < -0.4 is 5.73 Å². The summed E-state index contributed by atoms with van der Waals surface area (Å²) < 4.78 is 0. The molecule has 0 aliphatic heterocycles. The van der Waals surface area contributed by atoms with Gasteiger partial charge in [-0.05, 0) is 39.8 Å². The van der Waals surface area contributed by atoms with Gasteiger partial charge in [-0.3, -0.25) is 4.79 Å². The van der Waals surface area contributed by atoms with Crippen LogP contribution in [0.3, 0.4) is 0 Å². The Labute approximate surface area is 92.4 Å². The number of carbonyl (C=O) groups is 1. The van der Waals surface area contributed by atoms with Crippen molar-refractivity contribution in [3.63, 3.8) is 0 Å². The average Bonchev–Trinajstić information content (AvgIpc) is 2.12. The summed E-state index contributed by atoms with van der Waals surface area (Å²) in [6, 6.07) is 0.209. The topological polar surface area (TPSA) is 66.6 Å². The fourth-order valence-corrected chi connectivity index (χ4v) is 1.81. The number of nitrogens with zero attached hydrogens (tertiary/aromatic N) is 1. The van der Waals surface area contributed by atoms with Crippen LogP contribution in [0.25, 0.3) is 0 Å². The molecule has 0 fully saturated rings. The second-order valence-corrected chi connectivity index (χ2v) is 4.40. The van der Waals surface area contributed by atoms with Crippen molar-refractivity contribution >= 4 is 5.97 Å². The Bertz CT molecular complexity index is 205. The quantitative estimate of drug-likeness (QED) is 0.673. The second-order valence-electron chi connectivity index (χ2n) is 4.40. The number of rotatable bonds is 7. The number of hydrogen-bond acceptors (Lipinski definition) is 3. The zero-order valence-electron chi connectivity index (χ0n) is 10.3. The second kappa shape index (κ2) is 6.08. The van der Waals surface area contributed by atoms with Gasteiger partial charge < -0.3 is 15.7 Å². The maximum atomic E-state index is 10.9. The molecule has 0 aliphatic rings. The smallest absolute Gasteiger partial charge is 0.323 e. The Hall–Kier alpha value is -0.610. The highest BCUT2D eigenvalue weighted by Crippen LogP contribution is 2.14. The lowest BCUT2D eigenvalue weighted by Crippen LogP contribution is -2.50. The van der Waals surface area contributed by atoms with E-state index in [4.69, 9.17) is 10.8 Å². The number of hydrogen-bond donors (Lipinski definition) is 2. The Morgan fingerprint density at radius 1 is 1.53 bits per heavy atom. The number of carboxylic acids is 1. The van der Waals surface area contributed by atoms with Crippen LogP contribution in [0.2, 0.25) is 0 Å². The SMILES string of the molecule is CCCN(CC)C(C)CC(C)(N)C(=O)O. The summed E-state index contributed by atoms with van der Waals surface area (Å²) >= 11 is 0. The van der Waals surface area contributed by atoms with Gasteiger partial charge in [0.2, 0.25) is 0 Å². The lowest BCUT2D eigenvalue weighted by molar-refractivity contribution is -0.143. The summed E-state index contributed by atoms with van der Waals surface area (Å²) in [5.41, 5.74) is 4.60. The van der Waals surface area contributed by atoms with Crippen molar-refractivity contribution in [2.45, 2.75) is 52.1 Å². The van der Waals surface area contributed by atoms with Crippen molar-refractivity contribution in [2.75, 3.05) is 13.1 Å². The van der Waals surface area contributed by atoms with Crippen molar-refractivity contribution in [1.29, 1.82) is 0 Å². The third-order valence-corrected chi connectivity index (χ3v) is 2.75. The Morgan fingerprint density at radius 2 is 2.07 bits per heavy atom. The van der Waals surface area contributed by atoms with Crippen LogP contribution in [0.15, 0.2) is 0 Å². The molecule has 4 nitrogen and oxygen atoms in total. The highest BCUT2D eigenvalue weighted by molar-refractivity contribution is 5.77. The molecule has 0 spiro atoms. The molecule has 0 heterocycles. The van der Waals surface area contributed by atoms with Crippen molar-refractivity contribution < 1.29 is 9.90 Å². The van der Waals surface area contributed by atoms with E-state index in [0.29, 0.717) is 6.42 Å². The first kappa shape index (κ1) is 14.4. The summed E-state index contributed by atoms with van der Waals surface area (Å²) in [5, 5.41) is 8.93. The van der Waals surface area contributed by atoms with Crippen molar-refractivity contribution in [3.8, 4) is 0 Å². The predicted molar refractivity (Wildman–Crippen MR) is 61.8 cm³/mol. The minimum Gasteiger partial charge on any atom is -0.480 e. The highest BCUT2D eigenvalue weighted by atomic mass is 16.4. The summed E-state index contributed by atoms with van der Waals surface area (Å²) in [6.45, 7) is 9.74. The number of aliphatic carboxylic acids is 1. The lowest BCUT2D eigenvalue weighted by Gasteiger charge is -2.32. The molecule has 0 bridgehead atoms. The van der Waals surface area contributed by atoms with E-state index in [1.54, 1.807) is 6.92 Å². The van der Waals surface area contributed by atoms with Crippen molar-refractivity contribution in [3.05, 3.63) is 0 Å². The molecular weight excluding hydrogens is 192 g/mol. The molecule has 0 aromatic rings. The fourth-order valence-electron chi connectivity index (χ4n) is 1.81. The first-order chi connectivity index (χ1) is 6.85. The molecule has 3 N–H and O–H groups in total. The van der Waals surface area contributed by atoms with Crippen LogP contribution >= 0.6 is 0 Å². The van der Waals surface area contributed by atoms with Crippen LogP contribution in [-0.2, 0) is 4.79 Å². The molecular formula is C11H24N2O2. The van der Waals surface area contributed by atoms with Gasteiger partial charge in [0.05, 0.1) is 0 Å². The monoisotopic (exact) mass is 216 g/mol. The molecule has 0 saturated heterocycles. The molecule has 0 aromatic carbocycles. The number of carboxylic acid groups (broad SMARTS) is 1. The van der Waals surface area contributed by atoms with E-state index in [-0.39, 0.29) is 6.04 Å². The molecule has 0 saturated carbocycles. The van der Waals surface area contributed by atoms with Gasteiger partial charge >= 0.3 is 5.97 Å². The van der Waals surface area contributed by atoms with Gasteiger partial charge in [-0.2, -0.15) is 0 Å². The first-order valence-electron chi connectivity index (χ1n) is 5.61. The third kappa shape index (κ3) is 4.62. The lowest BCUT2D eigenvalue weighted by atomic mass is 9.94. The summed E-state index contributed by atoms with van der Waals surface area (Å²) in [6.07, 6.45) is 1.56. The van der Waals surface area contributed by atoms with E-state index in [0.717, 1.165) is 19.5 Å². The van der Waals surface area contributed by atoms with Gasteiger partial charge in [0.25, 0.3) is 0 Å². The molecule has 0 aromatic heterocycles. The van der Waals surface area contributed by atoms with Crippen LogP contribution in [0, 0.1) is 0 Å². The van der Waals surface area contributed by atoms with E-state index in [2.05, 4.69) is 18.7 Å². The first-order valence-corrected chi connectivity index (χ1v) is 5.61. The summed E-state index contributed by atoms with van der Waals surface area (Å²) in [7, 11) is 0. The zero-order chi connectivity index (χ0) is 12.1. The van der Waals surface area contributed by atoms with Crippen LogP contribution in [0.4, 0.5) is 0 Å². The highest BCUT2D eigenvalue weighted by Gasteiger charge is 2.31. The van der Waals surface area contributed by atoms with E-state index in [1.165, 1.54) is 0 Å². The minimum atomic E-state index is -1.12. The van der Waals surface area contributed by atoms with E-state index in [1.807, 2.05) is 6.92 Å². The molecule has 0 amide bonds. The largest absolute Gasteiger partial charge is 0.480 e. The van der Waals surface area contributed by atoms with Gasteiger partial charge in [-0.15, -0.1) is 0 Å². The normalized spacial score (nSPS) is 17.5. The van der Waals surface area contributed by atoms with Gasteiger partial charge in [-0.1, -0.05) is 13.8 Å². The van der Waals surface area contributed by atoms with Crippen molar-refractivity contribution in [2.24, 2.45) is 5.73 Å². The maximum Gasteiger partial charge on any atom is 0.323 e. The predicted octanol–water partition coefficient (Wildman–Crippen LogP) is 1.30. The van der Waals surface area contributed by atoms with E-state index in [9.17, 15) is 4.79 Å². The standard InChI is InChI=1S/C11H24N2O2/c1-5-7-13(6-2)9(3)8-11(4,12)10(14)15/h9H,5-8,12H2,1-4H3,(H,14,15). The Balaban J connectivity index is 4.32. The molecule has 90 valence electrons. The fraction of sp³-hybridized carbons (Fsp3) is 0.909. The van der Waals surface area contributed by atoms with Gasteiger partial charge in [0.15, 0.2) is 0 Å². The summed E-state index contributed by atoms with van der Waals surface area (Å²) in [4.78, 5) is 13.1. The summed E-state index contributed by atoms with van der Waals surface area (Å²) in [5.74, 6) is -0.929. The van der Waals surface area contributed by atoms with Crippen LogP contribution in [-0.4, -0.2) is 40.6 Å². The van der Waals surface area contributed by atoms with Gasteiger partial charge in [0.1, 0.15) is 5.54 Å². The molecule has 0 aliphatic carbocycles. The van der Waals surface area contributed by atoms with E-state index >= 15 is 0 Å². The van der Waals surface area contributed by atoms with Gasteiger partial charge in [-0.25, -0.2) is 0 Å².